The van der Waals surface area contributed by atoms with Crippen LogP contribution in [0, 0.1) is 12.8 Å². The Labute approximate surface area is 120 Å². The highest BCUT2D eigenvalue weighted by atomic mass is 16.3. The molecule has 0 aliphatic heterocycles. The molecule has 0 spiro atoms. The number of hydrogen-bond donors (Lipinski definition) is 4. The van der Waals surface area contributed by atoms with Crippen LogP contribution in [0.4, 0.5) is 11.6 Å². The molecule has 5 N–H and O–H groups in total. The van der Waals surface area contributed by atoms with E-state index in [2.05, 4.69) is 27.6 Å². The van der Waals surface area contributed by atoms with Crippen molar-refractivity contribution < 1.29 is 5.11 Å². The highest BCUT2D eigenvalue weighted by Gasteiger charge is 2.25. The third kappa shape index (κ3) is 3.37. The summed E-state index contributed by atoms with van der Waals surface area (Å²) in [6.07, 6.45) is 4.72. The van der Waals surface area contributed by atoms with E-state index >= 15 is 0 Å². The van der Waals surface area contributed by atoms with E-state index in [-0.39, 0.29) is 6.10 Å². The van der Waals surface area contributed by atoms with E-state index in [9.17, 15) is 5.11 Å². The second-order valence-corrected chi connectivity index (χ2v) is 5.50. The maximum absolute atomic E-state index is 9.87. The first-order valence-corrected chi connectivity index (χ1v) is 7.41. The number of nitrogen functional groups attached to an aromatic ring is 1. The largest absolute Gasteiger partial charge is 0.393 e. The number of nitrogens with one attached hydrogen (secondary N) is 2. The van der Waals surface area contributed by atoms with E-state index < -0.39 is 0 Å². The number of aromatic nitrogens is 2. The molecule has 1 aromatic rings. The van der Waals surface area contributed by atoms with Crippen molar-refractivity contribution >= 4 is 11.6 Å². The van der Waals surface area contributed by atoms with Crippen molar-refractivity contribution in [3.8, 4) is 0 Å². The number of nitrogens with two attached hydrogens (primary N) is 1. The van der Waals surface area contributed by atoms with Crippen molar-refractivity contribution in [1.82, 2.24) is 9.97 Å². The lowest BCUT2D eigenvalue weighted by Gasteiger charge is -2.18. The van der Waals surface area contributed by atoms with Crippen molar-refractivity contribution in [3.05, 3.63) is 11.4 Å². The first-order valence-electron chi connectivity index (χ1n) is 7.41. The maximum atomic E-state index is 9.87. The summed E-state index contributed by atoms with van der Waals surface area (Å²) in [7, 11) is 0. The Balaban J connectivity index is 2.10. The lowest BCUT2D eigenvalue weighted by molar-refractivity contribution is 0.138. The number of anilines is 2. The summed E-state index contributed by atoms with van der Waals surface area (Å²) in [5.74, 6) is 8.10. The molecular weight excluding hydrogens is 254 g/mol. The lowest BCUT2D eigenvalue weighted by Crippen LogP contribution is -2.23. The average Bonchev–Trinajstić information content (AvgIpc) is 2.84. The van der Waals surface area contributed by atoms with Crippen molar-refractivity contribution in [2.75, 3.05) is 17.3 Å². The van der Waals surface area contributed by atoms with Crippen LogP contribution in [0.2, 0.25) is 0 Å². The minimum atomic E-state index is -0.188. The van der Waals surface area contributed by atoms with Gasteiger partial charge in [0.15, 0.2) is 0 Å². The molecule has 1 aliphatic rings. The number of hydrogen-bond acceptors (Lipinski definition) is 6. The average molecular weight is 279 g/mol. The molecule has 0 radical (unpaired) electrons. The number of aliphatic hydroxyl groups excluding tert-OH is 1. The summed E-state index contributed by atoms with van der Waals surface area (Å²) in [6, 6.07) is 0. The van der Waals surface area contributed by atoms with Gasteiger partial charge in [-0.1, -0.05) is 13.3 Å². The summed E-state index contributed by atoms with van der Waals surface area (Å²) >= 11 is 0. The summed E-state index contributed by atoms with van der Waals surface area (Å²) in [5.41, 5.74) is 3.55. The van der Waals surface area contributed by atoms with Crippen LogP contribution in [0.15, 0.2) is 0 Å². The predicted octanol–water partition coefficient (Wildman–Crippen LogP) is 1.60. The SMILES string of the molecule is CCCc1nc(NN)c(C)c(NCC2CCCC2O)n1. The second kappa shape index (κ2) is 6.85. The molecular formula is C14H25N5O. The first-order chi connectivity index (χ1) is 9.65. The zero-order valence-electron chi connectivity index (χ0n) is 12.3. The van der Waals surface area contributed by atoms with Crippen molar-refractivity contribution in [2.45, 2.75) is 52.1 Å². The molecule has 1 aliphatic carbocycles. The molecule has 20 heavy (non-hydrogen) atoms. The minimum Gasteiger partial charge on any atom is -0.393 e. The first kappa shape index (κ1) is 15.0. The molecule has 1 fully saturated rings. The van der Waals surface area contributed by atoms with Gasteiger partial charge in [-0.25, -0.2) is 15.8 Å². The molecule has 6 nitrogen and oxygen atoms in total. The fourth-order valence-corrected chi connectivity index (χ4v) is 2.69. The van der Waals surface area contributed by atoms with Crippen molar-refractivity contribution in [2.24, 2.45) is 11.8 Å². The summed E-state index contributed by atoms with van der Waals surface area (Å²) in [5, 5.41) is 13.2. The molecule has 1 aromatic heterocycles. The monoisotopic (exact) mass is 279 g/mol. The topological polar surface area (TPSA) is 96.1 Å². The molecule has 0 amide bonds. The van der Waals surface area contributed by atoms with Gasteiger partial charge >= 0.3 is 0 Å². The van der Waals surface area contributed by atoms with Gasteiger partial charge < -0.3 is 15.8 Å². The molecule has 2 unspecified atom stereocenters. The van der Waals surface area contributed by atoms with Gasteiger partial charge in [0.05, 0.1) is 6.10 Å². The molecule has 0 aromatic carbocycles. The van der Waals surface area contributed by atoms with E-state index in [4.69, 9.17) is 5.84 Å². The molecule has 2 rings (SSSR count). The van der Waals surface area contributed by atoms with E-state index in [1.165, 1.54) is 0 Å². The van der Waals surface area contributed by atoms with Gasteiger partial charge in [0.1, 0.15) is 17.5 Å². The van der Waals surface area contributed by atoms with Gasteiger partial charge in [-0.05, 0) is 26.2 Å². The number of aryl methyl sites for hydroxylation is 1. The lowest BCUT2D eigenvalue weighted by atomic mass is 10.1. The van der Waals surface area contributed by atoms with E-state index in [1.807, 2.05) is 6.92 Å². The third-order valence-electron chi connectivity index (χ3n) is 3.95. The van der Waals surface area contributed by atoms with E-state index in [1.54, 1.807) is 0 Å². The highest BCUT2D eigenvalue weighted by Crippen LogP contribution is 2.27. The third-order valence-corrected chi connectivity index (χ3v) is 3.95. The zero-order chi connectivity index (χ0) is 14.5. The Bertz CT molecular complexity index is 451. The molecule has 0 bridgehead atoms. The van der Waals surface area contributed by atoms with Gasteiger partial charge in [0.25, 0.3) is 0 Å². The van der Waals surface area contributed by atoms with Gasteiger partial charge in [-0.2, -0.15) is 0 Å². The van der Waals surface area contributed by atoms with E-state index in [0.29, 0.717) is 11.7 Å². The second-order valence-electron chi connectivity index (χ2n) is 5.50. The van der Waals surface area contributed by atoms with Crippen LogP contribution in [-0.4, -0.2) is 27.7 Å². The van der Waals surface area contributed by atoms with Crippen LogP contribution in [0.5, 0.6) is 0 Å². The Morgan fingerprint density at radius 3 is 2.65 bits per heavy atom. The van der Waals surface area contributed by atoms with Crippen molar-refractivity contribution in [3.63, 3.8) is 0 Å². The van der Waals surface area contributed by atoms with Crippen LogP contribution < -0.4 is 16.6 Å². The Morgan fingerprint density at radius 2 is 2.05 bits per heavy atom. The van der Waals surface area contributed by atoms with Gasteiger partial charge in [-0.15, -0.1) is 0 Å². The molecule has 6 heteroatoms. The fraction of sp³-hybridized carbons (Fsp3) is 0.714. The summed E-state index contributed by atoms with van der Waals surface area (Å²) < 4.78 is 0. The van der Waals surface area contributed by atoms with Crippen LogP contribution in [0.1, 0.15) is 44.0 Å². The zero-order valence-corrected chi connectivity index (χ0v) is 12.3. The number of nitrogens with zero attached hydrogens (tertiary/aromatic N) is 2. The Morgan fingerprint density at radius 1 is 1.30 bits per heavy atom. The Kier molecular flexibility index (Phi) is 5.14. The van der Waals surface area contributed by atoms with Gasteiger partial charge in [0, 0.05) is 24.4 Å². The van der Waals surface area contributed by atoms with Crippen LogP contribution in [-0.2, 0) is 6.42 Å². The fourth-order valence-electron chi connectivity index (χ4n) is 2.69. The number of rotatable bonds is 6. The summed E-state index contributed by atoms with van der Waals surface area (Å²) in [4.78, 5) is 8.96. The van der Waals surface area contributed by atoms with E-state index in [0.717, 1.165) is 55.9 Å². The van der Waals surface area contributed by atoms with Crippen LogP contribution >= 0.6 is 0 Å². The molecule has 112 valence electrons. The quantitative estimate of drug-likeness (QED) is 0.466. The van der Waals surface area contributed by atoms with Crippen LogP contribution in [0.3, 0.4) is 0 Å². The van der Waals surface area contributed by atoms with Gasteiger partial charge in [0.2, 0.25) is 0 Å². The highest BCUT2D eigenvalue weighted by molar-refractivity contribution is 5.56. The van der Waals surface area contributed by atoms with Crippen LogP contribution in [0.25, 0.3) is 0 Å². The molecule has 1 heterocycles. The predicted molar refractivity (Wildman–Crippen MR) is 80.4 cm³/mol. The number of aliphatic hydroxyl groups is 1. The standard InChI is InChI=1S/C14H25N5O/c1-3-5-12-17-13(9(2)14(18-12)19-15)16-8-10-6-4-7-11(10)20/h10-11,20H,3-8,15H2,1-2H3,(H2,16,17,18,19). The maximum Gasteiger partial charge on any atom is 0.148 e. The Hall–Kier alpha value is -1.40. The molecule has 1 saturated carbocycles. The van der Waals surface area contributed by atoms with Crippen molar-refractivity contribution in [1.29, 1.82) is 0 Å². The molecule has 2 atom stereocenters. The molecule has 0 saturated heterocycles. The van der Waals surface area contributed by atoms with Gasteiger partial charge in [-0.3, -0.25) is 0 Å². The number of hydrazine groups is 1. The normalized spacial score (nSPS) is 22.0. The smallest absolute Gasteiger partial charge is 0.148 e. The summed E-state index contributed by atoms with van der Waals surface area (Å²) in [6.45, 7) is 4.79. The minimum absolute atomic E-state index is 0.188.